The number of nitrogens with zero attached hydrogens (tertiary/aromatic N) is 1. The average Bonchev–Trinajstić information content (AvgIpc) is 2.76. The topological polar surface area (TPSA) is 102 Å². The van der Waals surface area contributed by atoms with Crippen LogP contribution in [0.25, 0.3) is 0 Å². The lowest BCUT2D eigenvalue weighted by Crippen LogP contribution is -2.45. The molecule has 0 saturated carbocycles. The summed E-state index contributed by atoms with van der Waals surface area (Å²) in [6, 6.07) is 0. The van der Waals surface area contributed by atoms with Crippen LogP contribution in [0.1, 0.15) is 33.1 Å². The van der Waals surface area contributed by atoms with E-state index in [1.54, 1.807) is 32.4 Å². The molecule has 1 fully saturated rings. The van der Waals surface area contributed by atoms with E-state index in [0.717, 1.165) is 19.5 Å². The molecular formula is C25H36N2O5. The average molecular weight is 445 g/mol. The first-order valence-corrected chi connectivity index (χ1v) is 11.4. The van der Waals surface area contributed by atoms with E-state index in [9.17, 15) is 14.7 Å². The monoisotopic (exact) mass is 444 g/mol. The first kappa shape index (κ1) is 24.1. The number of nitrogens with two attached hydrogens (primary N) is 1. The minimum absolute atomic E-state index is 0.0441. The van der Waals surface area contributed by atoms with Crippen LogP contribution in [-0.2, 0) is 19.1 Å². The number of primary amides is 1. The molecule has 1 saturated heterocycles. The molecule has 2 aliphatic carbocycles. The van der Waals surface area contributed by atoms with Crippen molar-refractivity contribution in [1.29, 1.82) is 0 Å². The molecule has 0 aromatic heterocycles. The number of hydrogen-bond acceptors (Lipinski definition) is 5. The Kier molecular flexibility index (Phi) is 7.82. The van der Waals surface area contributed by atoms with Crippen molar-refractivity contribution in [3.63, 3.8) is 0 Å². The Hall–Kier alpha value is -2.54. The van der Waals surface area contributed by atoms with Crippen molar-refractivity contribution in [2.45, 2.75) is 39.2 Å². The number of carbonyl (C=O) groups is 2. The third-order valence-corrected chi connectivity index (χ3v) is 6.85. The van der Waals surface area contributed by atoms with Gasteiger partial charge in [0, 0.05) is 31.2 Å². The Morgan fingerprint density at radius 2 is 1.91 bits per heavy atom. The lowest BCUT2D eigenvalue weighted by atomic mass is 9.71. The van der Waals surface area contributed by atoms with Crippen LogP contribution in [0, 0.1) is 29.6 Å². The molecule has 0 radical (unpaired) electrons. The number of amides is 2. The smallest absolute Gasteiger partial charge is 0.248 e. The number of aliphatic hydroxyl groups is 1. The maximum atomic E-state index is 13.4. The van der Waals surface area contributed by atoms with Gasteiger partial charge in [-0.3, -0.25) is 9.59 Å². The first-order valence-electron chi connectivity index (χ1n) is 11.4. The highest BCUT2D eigenvalue weighted by atomic mass is 16.5. The summed E-state index contributed by atoms with van der Waals surface area (Å²) in [5.41, 5.74) is 5.89. The Balaban J connectivity index is 1.88. The van der Waals surface area contributed by atoms with Gasteiger partial charge in [0.1, 0.15) is 11.5 Å². The second kappa shape index (κ2) is 10.4. The van der Waals surface area contributed by atoms with Gasteiger partial charge in [-0.1, -0.05) is 32.1 Å². The van der Waals surface area contributed by atoms with Crippen LogP contribution in [0.4, 0.5) is 0 Å². The number of hydrogen-bond donors (Lipinski definition) is 2. The normalized spacial score (nSPS) is 31.2. The summed E-state index contributed by atoms with van der Waals surface area (Å²) in [5.74, 6) is 1.03. The second-order valence-corrected chi connectivity index (χ2v) is 9.44. The van der Waals surface area contributed by atoms with Crippen LogP contribution in [0.15, 0.2) is 47.5 Å². The molecule has 7 nitrogen and oxygen atoms in total. The number of piperidine rings is 1. The fourth-order valence-electron chi connectivity index (χ4n) is 5.39. The molecule has 3 aliphatic rings. The van der Waals surface area contributed by atoms with Gasteiger partial charge in [0.05, 0.1) is 26.2 Å². The van der Waals surface area contributed by atoms with Crippen molar-refractivity contribution in [2.24, 2.45) is 35.3 Å². The van der Waals surface area contributed by atoms with E-state index in [-0.39, 0.29) is 24.2 Å². The number of rotatable bonds is 7. The van der Waals surface area contributed by atoms with Crippen LogP contribution in [-0.4, -0.2) is 55.2 Å². The van der Waals surface area contributed by atoms with Crippen LogP contribution in [0.3, 0.4) is 0 Å². The Bertz CT molecular complexity index is 833. The number of methoxy groups -OCH3 is 2. The van der Waals surface area contributed by atoms with E-state index >= 15 is 0 Å². The predicted molar refractivity (Wildman–Crippen MR) is 122 cm³/mol. The van der Waals surface area contributed by atoms with Gasteiger partial charge < -0.3 is 25.2 Å². The molecule has 6 atom stereocenters. The minimum Gasteiger partial charge on any atom is -0.501 e. The van der Waals surface area contributed by atoms with Crippen LogP contribution in [0.2, 0.25) is 0 Å². The number of ether oxygens (including phenoxy) is 2. The third-order valence-electron chi connectivity index (χ3n) is 6.85. The molecule has 0 spiro atoms. The molecule has 0 aromatic carbocycles. The lowest BCUT2D eigenvalue weighted by molar-refractivity contribution is -0.136. The van der Waals surface area contributed by atoms with Crippen molar-refractivity contribution in [3.05, 3.63) is 47.5 Å². The van der Waals surface area contributed by atoms with Gasteiger partial charge in [-0.2, -0.15) is 0 Å². The van der Waals surface area contributed by atoms with E-state index in [4.69, 9.17) is 15.2 Å². The van der Waals surface area contributed by atoms with E-state index < -0.39 is 17.9 Å². The molecule has 0 aromatic rings. The zero-order valence-electron chi connectivity index (χ0n) is 19.5. The largest absolute Gasteiger partial charge is 0.501 e. The molecule has 176 valence electrons. The van der Waals surface area contributed by atoms with Gasteiger partial charge in [-0.15, -0.1) is 0 Å². The summed E-state index contributed by atoms with van der Waals surface area (Å²) in [5, 5.41) is 11.0. The first-order chi connectivity index (χ1) is 15.2. The molecule has 32 heavy (non-hydrogen) atoms. The summed E-state index contributed by atoms with van der Waals surface area (Å²) in [4.78, 5) is 26.9. The van der Waals surface area contributed by atoms with Crippen LogP contribution >= 0.6 is 0 Å². The molecule has 0 bridgehead atoms. The highest BCUT2D eigenvalue weighted by molar-refractivity contribution is 5.95. The number of carbonyl (C=O) groups excluding carboxylic acids is 2. The number of aliphatic hydroxyl groups excluding tert-OH is 1. The minimum atomic E-state index is -0.850. The third kappa shape index (κ3) is 5.44. The van der Waals surface area contributed by atoms with Crippen molar-refractivity contribution >= 4 is 11.8 Å². The summed E-state index contributed by atoms with van der Waals surface area (Å²) in [7, 11) is 3.11. The highest BCUT2D eigenvalue weighted by Gasteiger charge is 2.40. The molecule has 1 heterocycles. The molecule has 2 amide bonds. The van der Waals surface area contributed by atoms with E-state index in [2.05, 4.69) is 13.8 Å². The van der Waals surface area contributed by atoms with Gasteiger partial charge in [0.2, 0.25) is 11.8 Å². The number of likely N-dealkylation sites (tertiary alicyclic amines) is 1. The van der Waals surface area contributed by atoms with Gasteiger partial charge >= 0.3 is 0 Å². The molecule has 7 heteroatoms. The zero-order valence-corrected chi connectivity index (χ0v) is 19.5. The quantitative estimate of drug-likeness (QED) is 0.628. The van der Waals surface area contributed by atoms with Crippen LogP contribution in [0.5, 0.6) is 0 Å². The Morgan fingerprint density at radius 1 is 1.22 bits per heavy atom. The second-order valence-electron chi connectivity index (χ2n) is 9.44. The SMILES string of the molecule is COC1=CC(O)[C@@H](C(CC(=O)N2CC(C)CC(C)C2)[C@@H]2C=CC(C(N)=O)=CC2)C(OC)=C1. The van der Waals surface area contributed by atoms with Gasteiger partial charge in [-0.25, -0.2) is 0 Å². The van der Waals surface area contributed by atoms with Gasteiger partial charge in [0.25, 0.3) is 0 Å². The van der Waals surface area contributed by atoms with E-state index in [1.807, 2.05) is 17.1 Å². The van der Waals surface area contributed by atoms with Crippen molar-refractivity contribution in [1.82, 2.24) is 4.90 Å². The summed E-state index contributed by atoms with van der Waals surface area (Å²) in [6.07, 6.45) is 10.0. The zero-order chi connectivity index (χ0) is 23.4. The summed E-state index contributed by atoms with van der Waals surface area (Å²) >= 11 is 0. The predicted octanol–water partition coefficient (Wildman–Crippen LogP) is 2.54. The number of allylic oxidation sites excluding steroid dienone is 3. The maximum absolute atomic E-state index is 13.4. The Labute approximate surface area is 190 Å². The van der Waals surface area contributed by atoms with Crippen LogP contribution < -0.4 is 5.73 Å². The van der Waals surface area contributed by atoms with E-state index in [0.29, 0.717) is 35.3 Å². The summed E-state index contributed by atoms with van der Waals surface area (Å²) < 4.78 is 10.9. The Morgan fingerprint density at radius 3 is 2.44 bits per heavy atom. The summed E-state index contributed by atoms with van der Waals surface area (Å²) in [6.45, 7) is 5.88. The fourth-order valence-corrected chi connectivity index (χ4v) is 5.39. The lowest BCUT2D eigenvalue weighted by Gasteiger charge is -2.40. The van der Waals surface area contributed by atoms with Crippen molar-refractivity contribution in [2.75, 3.05) is 27.3 Å². The maximum Gasteiger partial charge on any atom is 0.248 e. The fraction of sp³-hybridized carbons (Fsp3) is 0.600. The van der Waals surface area contributed by atoms with Crippen molar-refractivity contribution in [3.8, 4) is 0 Å². The van der Waals surface area contributed by atoms with Crippen molar-refractivity contribution < 1.29 is 24.2 Å². The van der Waals surface area contributed by atoms with Gasteiger partial charge in [-0.05, 0) is 42.6 Å². The van der Waals surface area contributed by atoms with Gasteiger partial charge in [0.15, 0.2) is 0 Å². The van der Waals surface area contributed by atoms with E-state index in [1.165, 1.54) is 0 Å². The highest BCUT2D eigenvalue weighted by Crippen LogP contribution is 2.41. The molecule has 4 unspecified atom stereocenters. The molecule has 3 rings (SSSR count). The molecule has 1 aliphatic heterocycles. The molecular weight excluding hydrogens is 408 g/mol. The molecule has 3 N–H and O–H groups in total. The standard InChI is InChI=1S/C25H36N2O5/c1-15-9-16(2)14-27(13-15)23(29)12-20(17-5-7-18(8-6-17)25(26)30)24-21(28)10-19(31-3)11-22(24)32-4/h5,7-8,10-11,15-17,20-21,24,28H,6,9,12-14H2,1-4H3,(H2,26,30)/t15?,16?,17-,20?,21?,24-/m1/s1.